The van der Waals surface area contributed by atoms with Crippen LogP contribution in [0.3, 0.4) is 0 Å². The monoisotopic (exact) mass is 198 g/mol. The van der Waals surface area contributed by atoms with E-state index in [1.54, 1.807) is 5.57 Å². The molecule has 0 spiro atoms. The number of hydrogen-bond donors (Lipinski definition) is 0. The van der Waals surface area contributed by atoms with Crippen LogP contribution in [-0.4, -0.2) is 11.8 Å². The molecule has 1 rings (SSSR count). The third-order valence-electron chi connectivity index (χ3n) is 3.11. The SMILES string of the molecule is CC(C)=C(C)CPC1CCCCC1. The van der Waals surface area contributed by atoms with Crippen LogP contribution < -0.4 is 0 Å². The van der Waals surface area contributed by atoms with Gasteiger partial charge >= 0.3 is 0 Å². The quantitative estimate of drug-likeness (QED) is 0.467. The van der Waals surface area contributed by atoms with Gasteiger partial charge in [0.15, 0.2) is 0 Å². The summed E-state index contributed by atoms with van der Waals surface area (Å²) in [5.41, 5.74) is 4.23. The van der Waals surface area contributed by atoms with Crippen molar-refractivity contribution in [3.05, 3.63) is 11.1 Å². The molecule has 0 bridgehead atoms. The van der Waals surface area contributed by atoms with Gasteiger partial charge in [0.25, 0.3) is 0 Å². The van der Waals surface area contributed by atoms with E-state index in [9.17, 15) is 0 Å². The smallest absolute Gasteiger partial charge is 0.0140 e. The molecule has 0 aromatic carbocycles. The third kappa shape index (κ3) is 4.27. The zero-order valence-corrected chi connectivity index (χ0v) is 10.3. The van der Waals surface area contributed by atoms with Gasteiger partial charge in [0.05, 0.1) is 0 Å². The summed E-state index contributed by atoms with van der Waals surface area (Å²) in [6.45, 7) is 6.77. The molecule has 1 unspecified atom stereocenters. The van der Waals surface area contributed by atoms with Crippen molar-refractivity contribution in [3.63, 3.8) is 0 Å². The molecule has 1 fully saturated rings. The Bertz CT molecular complexity index is 172. The van der Waals surface area contributed by atoms with E-state index in [1.165, 1.54) is 52.4 Å². The van der Waals surface area contributed by atoms with Crippen molar-refractivity contribution in [2.45, 2.75) is 58.5 Å². The fourth-order valence-electron chi connectivity index (χ4n) is 1.78. The van der Waals surface area contributed by atoms with Crippen molar-refractivity contribution >= 4 is 8.58 Å². The van der Waals surface area contributed by atoms with Crippen molar-refractivity contribution in [1.29, 1.82) is 0 Å². The molecule has 1 aliphatic rings. The highest BCUT2D eigenvalue weighted by atomic mass is 31.1. The molecule has 0 amide bonds. The van der Waals surface area contributed by atoms with Crippen LogP contribution >= 0.6 is 8.58 Å². The average molecular weight is 198 g/mol. The molecule has 76 valence electrons. The van der Waals surface area contributed by atoms with E-state index in [0.717, 1.165) is 5.66 Å². The second kappa shape index (κ2) is 5.81. The molecule has 0 aromatic rings. The van der Waals surface area contributed by atoms with Crippen molar-refractivity contribution in [3.8, 4) is 0 Å². The van der Waals surface area contributed by atoms with E-state index in [0.29, 0.717) is 0 Å². The van der Waals surface area contributed by atoms with Gasteiger partial charge in [-0.05, 0) is 45.4 Å². The Morgan fingerprint density at radius 1 is 1.08 bits per heavy atom. The fourth-order valence-corrected chi connectivity index (χ4v) is 3.55. The van der Waals surface area contributed by atoms with Gasteiger partial charge in [0, 0.05) is 0 Å². The highest BCUT2D eigenvalue weighted by Gasteiger charge is 2.12. The summed E-state index contributed by atoms with van der Waals surface area (Å²) in [6.07, 6.45) is 8.86. The zero-order valence-electron chi connectivity index (χ0n) is 9.32. The topological polar surface area (TPSA) is 0 Å². The van der Waals surface area contributed by atoms with Crippen molar-refractivity contribution < 1.29 is 0 Å². The number of rotatable bonds is 3. The maximum absolute atomic E-state index is 2.30. The summed E-state index contributed by atoms with van der Waals surface area (Å²) in [5, 5.41) is 0. The molecule has 0 saturated heterocycles. The van der Waals surface area contributed by atoms with E-state index < -0.39 is 0 Å². The van der Waals surface area contributed by atoms with Gasteiger partial charge in [-0.15, -0.1) is 8.58 Å². The molecule has 1 aliphatic carbocycles. The first-order chi connectivity index (χ1) is 6.20. The lowest BCUT2D eigenvalue weighted by Gasteiger charge is -2.21. The molecule has 13 heavy (non-hydrogen) atoms. The first-order valence-electron chi connectivity index (χ1n) is 5.56. The van der Waals surface area contributed by atoms with E-state index in [2.05, 4.69) is 20.8 Å². The van der Waals surface area contributed by atoms with Gasteiger partial charge in [-0.1, -0.05) is 30.4 Å². The van der Waals surface area contributed by atoms with Crippen LogP contribution in [0.4, 0.5) is 0 Å². The molecule has 1 saturated carbocycles. The second-order valence-electron chi connectivity index (χ2n) is 4.50. The van der Waals surface area contributed by atoms with Crippen LogP contribution in [0.15, 0.2) is 11.1 Å². The van der Waals surface area contributed by atoms with E-state index in [4.69, 9.17) is 0 Å². The lowest BCUT2D eigenvalue weighted by atomic mass is 10.0. The van der Waals surface area contributed by atoms with E-state index in [1.807, 2.05) is 0 Å². The minimum Gasteiger partial charge on any atom is -0.115 e. The summed E-state index contributed by atoms with van der Waals surface area (Å²) in [5.74, 6) is 0. The average Bonchev–Trinajstić information content (AvgIpc) is 2.15. The maximum Gasteiger partial charge on any atom is -0.0140 e. The highest BCUT2D eigenvalue weighted by Crippen LogP contribution is 2.34. The molecule has 0 nitrogen and oxygen atoms in total. The van der Waals surface area contributed by atoms with Crippen LogP contribution in [0.25, 0.3) is 0 Å². The van der Waals surface area contributed by atoms with Gasteiger partial charge in [0.1, 0.15) is 0 Å². The van der Waals surface area contributed by atoms with Gasteiger partial charge in [-0.25, -0.2) is 0 Å². The summed E-state index contributed by atoms with van der Waals surface area (Å²) >= 11 is 0. The zero-order chi connectivity index (χ0) is 9.68. The molecule has 0 radical (unpaired) electrons. The van der Waals surface area contributed by atoms with Gasteiger partial charge in [-0.2, -0.15) is 0 Å². The van der Waals surface area contributed by atoms with Crippen molar-refractivity contribution in [2.75, 3.05) is 6.16 Å². The van der Waals surface area contributed by atoms with Crippen LogP contribution in [0.5, 0.6) is 0 Å². The summed E-state index contributed by atoms with van der Waals surface area (Å²) in [4.78, 5) is 0. The first kappa shape index (κ1) is 11.2. The predicted molar refractivity (Wildman–Crippen MR) is 64.1 cm³/mol. The molecule has 0 heterocycles. The molecule has 0 aliphatic heterocycles. The molecular formula is C12H23P. The fraction of sp³-hybridized carbons (Fsp3) is 0.833. The molecule has 0 N–H and O–H groups in total. The Labute approximate surface area is 85.0 Å². The van der Waals surface area contributed by atoms with Crippen molar-refractivity contribution in [2.24, 2.45) is 0 Å². The van der Waals surface area contributed by atoms with Crippen LogP contribution in [0.2, 0.25) is 0 Å². The summed E-state index contributed by atoms with van der Waals surface area (Å²) in [6, 6.07) is 0. The van der Waals surface area contributed by atoms with E-state index >= 15 is 0 Å². The minimum absolute atomic E-state index is 1.07. The van der Waals surface area contributed by atoms with Gasteiger partial charge < -0.3 is 0 Å². The number of hydrogen-bond acceptors (Lipinski definition) is 0. The summed E-state index contributed by atoms with van der Waals surface area (Å²) < 4.78 is 0. The lowest BCUT2D eigenvalue weighted by Crippen LogP contribution is -2.07. The van der Waals surface area contributed by atoms with Crippen molar-refractivity contribution in [1.82, 2.24) is 0 Å². The predicted octanol–water partition coefficient (Wildman–Crippen LogP) is 4.35. The van der Waals surface area contributed by atoms with Gasteiger partial charge in [0.2, 0.25) is 0 Å². The Kier molecular flexibility index (Phi) is 5.02. The normalized spacial score (nSPS) is 19.6. The van der Waals surface area contributed by atoms with Crippen LogP contribution in [0, 0.1) is 0 Å². The number of allylic oxidation sites excluding steroid dienone is 2. The summed E-state index contributed by atoms with van der Waals surface area (Å²) in [7, 11) is 1.20. The Morgan fingerprint density at radius 3 is 2.23 bits per heavy atom. The minimum atomic E-state index is 1.07. The van der Waals surface area contributed by atoms with Crippen LogP contribution in [-0.2, 0) is 0 Å². The largest absolute Gasteiger partial charge is 0.115 e. The molecule has 1 heteroatoms. The van der Waals surface area contributed by atoms with E-state index in [-0.39, 0.29) is 0 Å². The second-order valence-corrected chi connectivity index (χ2v) is 6.07. The Hall–Kier alpha value is 0.170. The third-order valence-corrected chi connectivity index (χ3v) is 5.00. The highest BCUT2D eigenvalue weighted by molar-refractivity contribution is 7.39. The Balaban J connectivity index is 2.21. The standard InChI is InChI=1S/C12H23P/c1-10(2)11(3)9-13-12-7-5-4-6-8-12/h12-13H,4-9H2,1-3H3. The Morgan fingerprint density at radius 2 is 1.69 bits per heavy atom. The molecular weight excluding hydrogens is 175 g/mol. The lowest BCUT2D eigenvalue weighted by molar-refractivity contribution is 0.513. The van der Waals surface area contributed by atoms with Gasteiger partial charge in [-0.3, -0.25) is 0 Å². The van der Waals surface area contributed by atoms with Crippen LogP contribution in [0.1, 0.15) is 52.9 Å². The maximum atomic E-state index is 2.30. The first-order valence-corrected chi connectivity index (χ1v) is 6.85. The molecule has 1 atom stereocenters. The molecule has 0 aromatic heterocycles.